The van der Waals surface area contributed by atoms with Gasteiger partial charge in [0.2, 0.25) is 0 Å². The summed E-state index contributed by atoms with van der Waals surface area (Å²) < 4.78 is 1.05. The van der Waals surface area contributed by atoms with E-state index in [0.29, 0.717) is 0 Å². The third kappa shape index (κ3) is 2.57. The van der Waals surface area contributed by atoms with Crippen LogP contribution in [0.25, 0.3) is 0 Å². The highest BCUT2D eigenvalue weighted by Gasteiger charge is 2.03. The summed E-state index contributed by atoms with van der Waals surface area (Å²) in [5.74, 6) is 0. The van der Waals surface area contributed by atoms with Gasteiger partial charge in [0.1, 0.15) is 0 Å². The van der Waals surface area contributed by atoms with Crippen LogP contribution < -0.4 is 5.73 Å². The van der Waals surface area contributed by atoms with Gasteiger partial charge in [0, 0.05) is 22.9 Å². The van der Waals surface area contributed by atoms with E-state index in [1.807, 2.05) is 6.07 Å². The maximum atomic E-state index is 5.83. The van der Waals surface area contributed by atoms with Crippen molar-refractivity contribution in [1.29, 1.82) is 0 Å². The van der Waals surface area contributed by atoms with Crippen molar-refractivity contribution in [2.24, 2.45) is 5.73 Å². The van der Waals surface area contributed by atoms with Crippen LogP contribution in [-0.2, 0) is 6.42 Å². The summed E-state index contributed by atoms with van der Waals surface area (Å²) in [4.78, 5) is 3.99. The van der Waals surface area contributed by atoms with E-state index >= 15 is 0 Å². The molecule has 1 aromatic heterocycles. The molecule has 0 bridgehead atoms. The van der Waals surface area contributed by atoms with E-state index in [1.54, 1.807) is 12.4 Å². The fourth-order valence-electron chi connectivity index (χ4n) is 0.996. The van der Waals surface area contributed by atoms with Crippen LogP contribution in [0.3, 0.4) is 0 Å². The normalized spacial score (nSPS) is 12.9. The molecular formula is C9H13BrN2. The Hall–Kier alpha value is -0.410. The second kappa shape index (κ2) is 4.58. The smallest absolute Gasteiger partial charge is 0.0412 e. The maximum absolute atomic E-state index is 5.83. The second-order valence-corrected chi connectivity index (χ2v) is 3.69. The van der Waals surface area contributed by atoms with Crippen molar-refractivity contribution in [1.82, 2.24) is 4.98 Å². The molecule has 1 unspecified atom stereocenters. The van der Waals surface area contributed by atoms with Crippen molar-refractivity contribution in [3.63, 3.8) is 0 Å². The zero-order valence-corrected chi connectivity index (χ0v) is 8.71. The number of aromatic nitrogens is 1. The molecule has 1 atom stereocenters. The summed E-state index contributed by atoms with van der Waals surface area (Å²) in [7, 11) is 0. The lowest BCUT2D eigenvalue weighted by Crippen LogP contribution is -2.21. The van der Waals surface area contributed by atoms with Crippen molar-refractivity contribution >= 4 is 15.9 Å². The number of pyridine rings is 1. The lowest BCUT2D eigenvalue weighted by molar-refractivity contribution is 0.644. The van der Waals surface area contributed by atoms with Crippen LogP contribution in [-0.4, -0.2) is 11.0 Å². The molecule has 0 aliphatic carbocycles. The highest BCUT2D eigenvalue weighted by molar-refractivity contribution is 9.10. The molecule has 3 heteroatoms. The molecule has 12 heavy (non-hydrogen) atoms. The average molecular weight is 229 g/mol. The summed E-state index contributed by atoms with van der Waals surface area (Å²) in [6.45, 7) is 2.10. The minimum Gasteiger partial charge on any atom is -0.327 e. The molecule has 0 aliphatic rings. The van der Waals surface area contributed by atoms with Gasteiger partial charge in [-0.3, -0.25) is 4.98 Å². The largest absolute Gasteiger partial charge is 0.327 e. The molecule has 0 saturated heterocycles. The number of halogens is 1. The molecule has 0 aliphatic heterocycles. The average Bonchev–Trinajstić information content (AvgIpc) is 2.09. The summed E-state index contributed by atoms with van der Waals surface area (Å²) in [6, 6.07) is 2.25. The standard InChI is InChI=1S/C9H13BrN2/c1-2-8(11)5-7-3-4-12-6-9(7)10/h3-4,6,8H,2,5,11H2,1H3. The first-order valence-electron chi connectivity index (χ1n) is 4.08. The van der Waals surface area contributed by atoms with E-state index in [-0.39, 0.29) is 6.04 Å². The van der Waals surface area contributed by atoms with Gasteiger partial charge >= 0.3 is 0 Å². The van der Waals surface area contributed by atoms with Crippen molar-refractivity contribution in [2.45, 2.75) is 25.8 Å². The van der Waals surface area contributed by atoms with Crippen LogP contribution >= 0.6 is 15.9 Å². The second-order valence-electron chi connectivity index (χ2n) is 2.84. The Morgan fingerprint density at radius 1 is 1.67 bits per heavy atom. The van der Waals surface area contributed by atoms with Crippen LogP contribution in [0.4, 0.5) is 0 Å². The lowest BCUT2D eigenvalue weighted by atomic mass is 10.1. The highest BCUT2D eigenvalue weighted by Crippen LogP contribution is 2.16. The number of hydrogen-bond donors (Lipinski definition) is 1. The van der Waals surface area contributed by atoms with Crippen LogP contribution in [0.15, 0.2) is 22.9 Å². The molecule has 66 valence electrons. The first-order chi connectivity index (χ1) is 5.74. The Kier molecular flexibility index (Phi) is 3.69. The topological polar surface area (TPSA) is 38.9 Å². The van der Waals surface area contributed by atoms with E-state index in [2.05, 4.69) is 27.8 Å². The molecule has 1 heterocycles. The summed E-state index contributed by atoms with van der Waals surface area (Å²) >= 11 is 3.44. The number of nitrogens with two attached hydrogens (primary N) is 1. The Morgan fingerprint density at radius 2 is 2.42 bits per heavy atom. The highest BCUT2D eigenvalue weighted by atomic mass is 79.9. The lowest BCUT2D eigenvalue weighted by Gasteiger charge is -2.09. The van der Waals surface area contributed by atoms with Crippen molar-refractivity contribution in [2.75, 3.05) is 0 Å². The summed E-state index contributed by atoms with van der Waals surface area (Å²) in [5.41, 5.74) is 7.07. The van der Waals surface area contributed by atoms with Gasteiger partial charge in [0.25, 0.3) is 0 Å². The van der Waals surface area contributed by atoms with Crippen LogP contribution in [0.2, 0.25) is 0 Å². The van der Waals surface area contributed by atoms with Gasteiger partial charge in [0.05, 0.1) is 0 Å². The molecule has 0 amide bonds. The summed E-state index contributed by atoms with van der Waals surface area (Å²) in [5, 5.41) is 0. The Labute approximate surface area is 81.3 Å². The van der Waals surface area contributed by atoms with Crippen molar-refractivity contribution in [3.05, 3.63) is 28.5 Å². The Balaban J connectivity index is 2.69. The van der Waals surface area contributed by atoms with Gasteiger partial charge < -0.3 is 5.73 Å². The molecule has 0 spiro atoms. The molecule has 0 radical (unpaired) electrons. The Bertz CT molecular complexity index is 250. The Morgan fingerprint density at radius 3 is 3.00 bits per heavy atom. The fourth-order valence-corrected chi connectivity index (χ4v) is 1.41. The van der Waals surface area contributed by atoms with Crippen molar-refractivity contribution < 1.29 is 0 Å². The predicted octanol–water partition coefficient (Wildman–Crippen LogP) is 2.12. The van der Waals surface area contributed by atoms with Crippen LogP contribution in [0.1, 0.15) is 18.9 Å². The van der Waals surface area contributed by atoms with E-state index in [0.717, 1.165) is 17.3 Å². The molecule has 1 rings (SSSR count). The molecule has 2 N–H and O–H groups in total. The van der Waals surface area contributed by atoms with Gasteiger partial charge in [-0.2, -0.15) is 0 Å². The van der Waals surface area contributed by atoms with Gasteiger partial charge in [-0.25, -0.2) is 0 Å². The quantitative estimate of drug-likeness (QED) is 0.862. The van der Waals surface area contributed by atoms with Crippen LogP contribution in [0, 0.1) is 0 Å². The van der Waals surface area contributed by atoms with E-state index in [4.69, 9.17) is 5.73 Å². The molecule has 0 aromatic carbocycles. The van der Waals surface area contributed by atoms with E-state index in [1.165, 1.54) is 5.56 Å². The molecule has 1 aromatic rings. The van der Waals surface area contributed by atoms with Gasteiger partial charge in [-0.15, -0.1) is 0 Å². The maximum Gasteiger partial charge on any atom is 0.0412 e. The first kappa shape index (κ1) is 9.68. The SMILES string of the molecule is CCC(N)Cc1ccncc1Br. The van der Waals surface area contributed by atoms with E-state index in [9.17, 15) is 0 Å². The summed E-state index contributed by atoms with van der Waals surface area (Å²) in [6.07, 6.45) is 5.52. The van der Waals surface area contributed by atoms with Gasteiger partial charge in [-0.1, -0.05) is 6.92 Å². The van der Waals surface area contributed by atoms with Crippen LogP contribution in [0.5, 0.6) is 0 Å². The molecule has 2 nitrogen and oxygen atoms in total. The molecule has 0 saturated carbocycles. The third-order valence-electron chi connectivity index (χ3n) is 1.86. The number of rotatable bonds is 3. The van der Waals surface area contributed by atoms with E-state index < -0.39 is 0 Å². The third-order valence-corrected chi connectivity index (χ3v) is 2.58. The molecule has 0 fully saturated rings. The monoisotopic (exact) mass is 228 g/mol. The number of nitrogens with zero attached hydrogens (tertiary/aromatic N) is 1. The minimum absolute atomic E-state index is 0.253. The number of hydrogen-bond acceptors (Lipinski definition) is 2. The first-order valence-corrected chi connectivity index (χ1v) is 4.87. The zero-order chi connectivity index (χ0) is 8.97. The molecular weight excluding hydrogens is 216 g/mol. The predicted molar refractivity (Wildman–Crippen MR) is 53.9 cm³/mol. The van der Waals surface area contributed by atoms with Crippen molar-refractivity contribution in [3.8, 4) is 0 Å². The van der Waals surface area contributed by atoms with Gasteiger partial charge in [0.15, 0.2) is 0 Å². The zero-order valence-electron chi connectivity index (χ0n) is 7.13. The fraction of sp³-hybridized carbons (Fsp3) is 0.444. The minimum atomic E-state index is 0.253. The van der Waals surface area contributed by atoms with Gasteiger partial charge in [-0.05, 0) is 40.4 Å².